The number of fused-ring (bicyclic) bond motifs is 4. The average Bonchev–Trinajstić information content (AvgIpc) is 1.66. The summed E-state index contributed by atoms with van der Waals surface area (Å²) in [6.45, 7) is 26.1. The highest BCUT2D eigenvalue weighted by molar-refractivity contribution is 9.10. The van der Waals surface area contributed by atoms with Crippen LogP contribution in [0.4, 0.5) is 10.5 Å². The first kappa shape index (κ1) is 86.1. The van der Waals surface area contributed by atoms with Crippen molar-refractivity contribution in [3.8, 4) is 5.75 Å². The Morgan fingerprint density at radius 1 is 0.657 bits per heavy atom. The van der Waals surface area contributed by atoms with Crippen molar-refractivity contribution in [2.24, 2.45) is 17.1 Å². The van der Waals surface area contributed by atoms with Gasteiger partial charge in [0.15, 0.2) is 19.7 Å². The zero-order valence-corrected chi connectivity index (χ0v) is 64.1. The van der Waals surface area contributed by atoms with E-state index in [0.29, 0.717) is 61.0 Å². The van der Waals surface area contributed by atoms with E-state index < -0.39 is 48.4 Å². The fraction of sp³-hybridized carbons (Fsp3) is 0.486. The molecule has 3 fully saturated rings. The molecule has 3 aliphatic heterocycles. The molecule has 22 nitrogen and oxygen atoms in total. The van der Waals surface area contributed by atoms with Crippen LogP contribution in [0.15, 0.2) is 140 Å². The number of nitrogens with two attached hydrogens (primary N) is 1. The zero-order valence-electron chi connectivity index (χ0n) is 59.2. The number of esters is 4. The third-order valence-electron chi connectivity index (χ3n) is 14.2. The van der Waals surface area contributed by atoms with Crippen LogP contribution in [0.3, 0.4) is 0 Å². The molecule has 0 aliphatic carbocycles. The predicted molar refractivity (Wildman–Crippen MR) is 392 cm³/mol. The lowest BCUT2D eigenvalue weighted by Crippen LogP contribution is -2.54. The third kappa shape index (κ3) is 31.9. The quantitative estimate of drug-likeness (QED) is 0.0164. The van der Waals surface area contributed by atoms with E-state index in [0.717, 1.165) is 52.0 Å². The molecule has 99 heavy (non-hydrogen) atoms. The monoisotopic (exact) mass is 1510 g/mol. The maximum absolute atomic E-state index is 13.6. The molecule has 0 radical (unpaired) electrons. The van der Waals surface area contributed by atoms with Gasteiger partial charge >= 0.3 is 35.9 Å². The number of amides is 2. The van der Waals surface area contributed by atoms with Crippen LogP contribution in [0.2, 0.25) is 0 Å². The van der Waals surface area contributed by atoms with Gasteiger partial charge in [-0.15, -0.1) is 11.8 Å². The summed E-state index contributed by atoms with van der Waals surface area (Å²) in [5.41, 5.74) is 6.59. The van der Waals surface area contributed by atoms with Crippen LogP contribution in [0, 0.1) is 11.3 Å². The van der Waals surface area contributed by atoms with Crippen LogP contribution in [0.5, 0.6) is 5.75 Å². The number of alkyl carbamates (subject to hydrolysis) is 1. The Bertz CT molecular complexity index is 3700. The minimum atomic E-state index is -3.63. The van der Waals surface area contributed by atoms with Gasteiger partial charge in [0.05, 0.1) is 64.9 Å². The predicted octanol–water partition coefficient (Wildman–Crippen LogP) is 12.8. The van der Waals surface area contributed by atoms with Gasteiger partial charge in [-0.1, -0.05) is 54.0 Å². The lowest BCUT2D eigenvalue weighted by atomic mass is 9.73. The van der Waals surface area contributed by atoms with Gasteiger partial charge in [-0.05, 0) is 203 Å². The van der Waals surface area contributed by atoms with Gasteiger partial charge in [0.1, 0.15) is 22.6 Å². The lowest BCUT2D eigenvalue weighted by Gasteiger charge is -2.48. The maximum atomic E-state index is 13.6. The van der Waals surface area contributed by atoms with Crippen molar-refractivity contribution in [2.45, 2.75) is 153 Å². The van der Waals surface area contributed by atoms with Crippen molar-refractivity contribution >= 4 is 108 Å². The van der Waals surface area contributed by atoms with E-state index in [4.69, 9.17) is 29.8 Å². The lowest BCUT2D eigenvalue weighted by molar-refractivity contribution is -0.155. The number of carbonyl (C=O) groups is 7. The molecule has 3 saturated heterocycles. The summed E-state index contributed by atoms with van der Waals surface area (Å²) in [4.78, 5) is 86.1. The summed E-state index contributed by atoms with van der Waals surface area (Å²) < 4.78 is 80.2. The zero-order chi connectivity index (χ0) is 74.5. The first-order valence-electron chi connectivity index (χ1n) is 32.2. The Labute approximate surface area is 602 Å². The van der Waals surface area contributed by atoms with Crippen LogP contribution in [-0.2, 0) is 52.9 Å². The van der Waals surface area contributed by atoms with Crippen molar-refractivity contribution in [1.29, 1.82) is 0 Å². The highest BCUT2D eigenvalue weighted by Gasteiger charge is 2.47. The Balaban J connectivity index is 0.000000344. The number of sulfone groups is 2. The molecule has 0 unspecified atom stereocenters. The van der Waals surface area contributed by atoms with E-state index in [-0.39, 0.29) is 87.6 Å². The molecular weight excluding hydrogens is 1420 g/mol. The van der Waals surface area contributed by atoms with Crippen LogP contribution in [0.25, 0.3) is 0 Å². The SMILES string of the molecule is CC(C)(C)OC(=O)CCCS(=O)(=O)c1cccc(C(=O)O)c1.CC(C)(C)OC(=O)NCCS.CCOc1ccc(N2C[C@H]3CN(C(=O)c4cccc(S(=O)(=O)CCN)c4)C[C@@H]2C(C)(C)C3)cc1.COC(=O)c1cccc(Br)c1.COC(=O)c1cccc(SCCCC(=O)OC(C)(C)C)c1. The van der Waals surface area contributed by atoms with E-state index >= 15 is 0 Å². The Kier molecular flexibility index (Phi) is 35.0. The smallest absolute Gasteiger partial charge is 0.407 e. The number of carboxylic acids is 1. The van der Waals surface area contributed by atoms with Crippen molar-refractivity contribution in [2.75, 3.05) is 81.5 Å². The third-order valence-corrected chi connectivity index (χ3v) is 19.5. The number of thioether (sulfide) groups is 1. The average molecular weight is 1520 g/mol. The number of nitrogens with one attached hydrogen (secondary N) is 1. The first-order chi connectivity index (χ1) is 46.2. The normalized spacial score (nSPS) is 14.8. The van der Waals surface area contributed by atoms with Crippen LogP contribution >= 0.6 is 40.3 Å². The Morgan fingerprint density at radius 3 is 1.68 bits per heavy atom. The van der Waals surface area contributed by atoms with Crippen LogP contribution in [0.1, 0.15) is 157 Å². The van der Waals surface area contributed by atoms with Gasteiger partial charge in [0, 0.05) is 71.9 Å². The van der Waals surface area contributed by atoms with Gasteiger partial charge in [-0.3, -0.25) is 14.4 Å². The number of carbonyl (C=O) groups excluding carboxylic acids is 6. The van der Waals surface area contributed by atoms with E-state index in [2.05, 4.69) is 74.2 Å². The molecule has 0 aromatic heterocycles. The minimum Gasteiger partial charge on any atom is -0.494 e. The van der Waals surface area contributed by atoms with Crippen molar-refractivity contribution in [3.05, 3.63) is 148 Å². The molecule has 2 amide bonds. The number of ether oxygens (including phenoxy) is 6. The van der Waals surface area contributed by atoms with Gasteiger partial charge in [-0.25, -0.2) is 36.0 Å². The molecule has 2 bridgehead atoms. The van der Waals surface area contributed by atoms with Crippen molar-refractivity contribution in [3.63, 3.8) is 0 Å². The van der Waals surface area contributed by atoms with Crippen molar-refractivity contribution in [1.82, 2.24) is 10.2 Å². The molecule has 3 heterocycles. The number of piperidine rings is 1. The molecule has 4 N–H and O–H groups in total. The summed E-state index contributed by atoms with van der Waals surface area (Å²) in [5.74, 6) is -0.370. The van der Waals surface area contributed by atoms with Gasteiger partial charge in [0.25, 0.3) is 5.91 Å². The molecule has 0 saturated carbocycles. The molecule has 5 aromatic rings. The van der Waals surface area contributed by atoms with E-state index in [1.54, 1.807) is 75.0 Å². The topological polar surface area (TPSA) is 308 Å². The molecule has 0 spiro atoms. The van der Waals surface area contributed by atoms with Gasteiger partial charge < -0.3 is 54.4 Å². The number of aromatic carboxylic acids is 1. The summed E-state index contributed by atoms with van der Waals surface area (Å²) >= 11 is 8.80. The minimum absolute atomic E-state index is 0.00484. The molecular formula is C72H99BrN4O18S4. The molecule has 5 aromatic carbocycles. The number of anilines is 1. The Morgan fingerprint density at radius 2 is 1.16 bits per heavy atom. The largest absolute Gasteiger partial charge is 0.494 e. The van der Waals surface area contributed by atoms with E-state index in [9.17, 15) is 50.4 Å². The molecule has 3 aliphatic rings. The Hall–Kier alpha value is -7.17. The van der Waals surface area contributed by atoms with Gasteiger partial charge in [0.2, 0.25) is 0 Å². The number of hydrogen-bond donors (Lipinski definition) is 4. The standard InChI is InChI=1S/C26H35N3O4S.C16H22O4S.C15H20O6S.C8H7BrO2.C7H15NO2S/c1-4-33-22-10-8-21(9-11-22)29-17-19-15-26(2,3)24(29)18-28(16-19)25(30)20-6-5-7-23(14-20)34(31,32)13-12-27;1-16(2,3)20-14(17)9-6-10-21-13-8-5-7-12(11-13)15(18)19-4;1-15(2,3)21-13(16)8-5-9-22(19,20)12-7-4-6-11(10-12)14(17)18;1-11-8(10)6-3-2-4-7(9)5-6;1-7(2,3)10-6(9)8-4-5-11/h5-11,14,19,24H,4,12-13,15-18,27H2,1-3H3;5,7-8,11H,6,9-10H2,1-4H3;4,6-7,10H,5,8-9H2,1-3H3,(H,17,18);2-5H,1H3;11H,4-5H2,1-3H3,(H,8,9)/t19-,24-;;;;/m1..../s1. The number of halogens is 1. The second-order valence-electron chi connectivity index (χ2n) is 26.6. The molecule has 27 heteroatoms. The molecule has 2 atom stereocenters. The second kappa shape index (κ2) is 40.3. The number of thiol groups is 1. The number of benzene rings is 5. The van der Waals surface area contributed by atoms with Gasteiger partial charge in [-0.2, -0.15) is 12.6 Å². The summed E-state index contributed by atoms with van der Waals surface area (Å²) in [6, 6.07) is 34.2. The fourth-order valence-corrected chi connectivity index (χ4v) is 14.0. The number of nitrogens with zero attached hydrogens (tertiary/aromatic N) is 2. The first-order valence-corrected chi connectivity index (χ1v) is 37.9. The number of hydrogen-bond acceptors (Lipinski definition) is 21. The van der Waals surface area contributed by atoms with Crippen LogP contribution < -0.4 is 20.7 Å². The summed E-state index contributed by atoms with van der Waals surface area (Å²) in [5, 5.41) is 11.4. The van der Waals surface area contributed by atoms with E-state index in [1.165, 1.54) is 44.6 Å². The van der Waals surface area contributed by atoms with Crippen molar-refractivity contribution < 1.29 is 83.9 Å². The van der Waals surface area contributed by atoms with E-state index in [1.807, 2.05) is 83.7 Å². The molecule has 8 rings (SSSR count). The second-order valence-corrected chi connectivity index (χ2v) is 33.3. The number of rotatable bonds is 22. The fourth-order valence-electron chi connectivity index (χ4n) is 10.0. The molecule has 546 valence electrons. The number of carboxylic acid groups (broad SMARTS) is 1. The van der Waals surface area contributed by atoms with Crippen LogP contribution in [-0.4, -0.2) is 168 Å². The maximum Gasteiger partial charge on any atom is 0.407 e. The number of methoxy groups -OCH3 is 2. The summed E-state index contributed by atoms with van der Waals surface area (Å²) in [7, 11) is -4.40. The summed E-state index contributed by atoms with van der Waals surface area (Å²) in [6.07, 6.45) is 1.92. The highest BCUT2D eigenvalue weighted by atomic mass is 79.9. The highest BCUT2D eigenvalue weighted by Crippen LogP contribution is 2.44.